The van der Waals surface area contributed by atoms with Crippen LogP contribution in [-0.4, -0.2) is 24.5 Å². The van der Waals surface area contributed by atoms with Crippen LogP contribution in [0, 0.1) is 0 Å². The van der Waals surface area contributed by atoms with E-state index in [2.05, 4.69) is 0 Å². The van der Waals surface area contributed by atoms with Crippen molar-refractivity contribution in [1.29, 1.82) is 0 Å². The van der Waals surface area contributed by atoms with Crippen molar-refractivity contribution in [3.63, 3.8) is 0 Å². The molecule has 1 amide bonds. The second-order valence-corrected chi connectivity index (χ2v) is 4.89. The monoisotopic (exact) mass is 285 g/mol. The highest BCUT2D eigenvalue weighted by atomic mass is 16.6. The van der Waals surface area contributed by atoms with Crippen LogP contribution < -0.4 is 4.90 Å². The van der Waals surface area contributed by atoms with Gasteiger partial charge in [0.1, 0.15) is 0 Å². The number of carbonyl (C=O) groups excluding carboxylic acids is 2. The van der Waals surface area contributed by atoms with Gasteiger partial charge in [-0.1, -0.05) is 18.2 Å². The molecule has 0 bridgehead atoms. The minimum atomic E-state index is -0.853. The quantitative estimate of drug-likeness (QED) is 0.813. The lowest BCUT2D eigenvalue weighted by Gasteiger charge is -2.21. The van der Waals surface area contributed by atoms with Crippen molar-refractivity contribution in [2.45, 2.75) is 19.4 Å². The molecule has 0 saturated carbocycles. The van der Waals surface area contributed by atoms with Gasteiger partial charge < -0.3 is 14.1 Å². The summed E-state index contributed by atoms with van der Waals surface area (Å²) in [4.78, 5) is 25.9. The molecule has 1 unspecified atom stereocenters. The van der Waals surface area contributed by atoms with Gasteiger partial charge in [-0.15, -0.1) is 0 Å². The molecule has 5 nitrogen and oxygen atoms in total. The Morgan fingerprint density at radius 2 is 2.05 bits per heavy atom. The molecule has 21 heavy (non-hydrogen) atoms. The van der Waals surface area contributed by atoms with E-state index in [0.717, 1.165) is 17.7 Å². The molecule has 0 radical (unpaired) electrons. The number of benzene rings is 1. The number of furan rings is 1. The molecule has 1 aromatic heterocycles. The minimum Gasteiger partial charge on any atom is -0.457 e. The maximum absolute atomic E-state index is 12.4. The van der Waals surface area contributed by atoms with Crippen molar-refractivity contribution in [2.75, 3.05) is 11.4 Å². The molecule has 3 rings (SSSR count). The molecular weight excluding hydrogens is 270 g/mol. The zero-order valence-corrected chi connectivity index (χ0v) is 11.6. The SMILES string of the molecule is CC(OC(=O)c1ccco1)C(=O)N1CCc2ccccc21. The van der Waals surface area contributed by atoms with Crippen LogP contribution in [0.2, 0.25) is 0 Å². The zero-order valence-electron chi connectivity index (χ0n) is 11.6. The Labute approximate surface area is 122 Å². The maximum atomic E-state index is 12.4. The standard InChI is InChI=1S/C16H15NO4/c1-11(21-16(19)14-7-4-10-20-14)15(18)17-9-8-12-5-2-3-6-13(12)17/h2-7,10-11H,8-9H2,1H3. The Bertz CT molecular complexity index is 663. The van der Waals surface area contributed by atoms with Gasteiger partial charge in [0.15, 0.2) is 6.10 Å². The number of anilines is 1. The average molecular weight is 285 g/mol. The van der Waals surface area contributed by atoms with Gasteiger partial charge in [-0.3, -0.25) is 4.79 Å². The van der Waals surface area contributed by atoms with Crippen LogP contribution in [0.15, 0.2) is 47.1 Å². The summed E-state index contributed by atoms with van der Waals surface area (Å²) in [6.45, 7) is 2.19. The first-order chi connectivity index (χ1) is 10.2. The van der Waals surface area contributed by atoms with E-state index in [0.29, 0.717) is 6.54 Å². The summed E-state index contributed by atoms with van der Waals surface area (Å²) in [6.07, 6.45) is 1.36. The maximum Gasteiger partial charge on any atom is 0.374 e. The Hall–Kier alpha value is -2.56. The summed E-state index contributed by atoms with van der Waals surface area (Å²) in [5, 5.41) is 0. The number of esters is 1. The molecular formula is C16H15NO4. The summed E-state index contributed by atoms with van der Waals surface area (Å²) in [7, 11) is 0. The van der Waals surface area contributed by atoms with E-state index < -0.39 is 12.1 Å². The van der Waals surface area contributed by atoms with E-state index in [4.69, 9.17) is 9.15 Å². The summed E-state index contributed by atoms with van der Waals surface area (Å²) >= 11 is 0. The van der Waals surface area contributed by atoms with Crippen LogP contribution in [-0.2, 0) is 16.0 Å². The van der Waals surface area contributed by atoms with Gasteiger partial charge in [-0.25, -0.2) is 4.79 Å². The molecule has 0 saturated heterocycles. The van der Waals surface area contributed by atoms with E-state index in [1.807, 2.05) is 24.3 Å². The Balaban J connectivity index is 1.70. The number of hydrogen-bond acceptors (Lipinski definition) is 4. The molecule has 1 aliphatic rings. The topological polar surface area (TPSA) is 59.8 Å². The first-order valence-electron chi connectivity index (χ1n) is 6.80. The molecule has 2 heterocycles. The fourth-order valence-corrected chi connectivity index (χ4v) is 2.45. The van der Waals surface area contributed by atoms with Crippen LogP contribution in [0.1, 0.15) is 23.0 Å². The number of rotatable bonds is 3. The van der Waals surface area contributed by atoms with Crippen molar-refractivity contribution < 1.29 is 18.7 Å². The molecule has 0 aliphatic carbocycles. The van der Waals surface area contributed by atoms with Gasteiger partial charge in [0.2, 0.25) is 5.76 Å². The molecule has 5 heteroatoms. The second-order valence-electron chi connectivity index (χ2n) is 4.89. The fourth-order valence-electron chi connectivity index (χ4n) is 2.45. The highest BCUT2D eigenvalue weighted by molar-refractivity contribution is 5.99. The lowest BCUT2D eigenvalue weighted by molar-refractivity contribution is -0.126. The van der Waals surface area contributed by atoms with Gasteiger partial charge in [0.25, 0.3) is 5.91 Å². The van der Waals surface area contributed by atoms with Crippen molar-refractivity contribution in [3.8, 4) is 0 Å². The summed E-state index contributed by atoms with van der Waals surface area (Å²) < 4.78 is 10.1. The van der Waals surface area contributed by atoms with Crippen LogP contribution in [0.5, 0.6) is 0 Å². The Morgan fingerprint density at radius 1 is 1.24 bits per heavy atom. The minimum absolute atomic E-state index is 0.0940. The van der Waals surface area contributed by atoms with Crippen molar-refractivity contribution in [1.82, 2.24) is 0 Å². The smallest absolute Gasteiger partial charge is 0.374 e. The third-order valence-corrected chi connectivity index (χ3v) is 3.51. The summed E-state index contributed by atoms with van der Waals surface area (Å²) in [5.41, 5.74) is 2.03. The highest BCUT2D eigenvalue weighted by Gasteiger charge is 2.30. The first kappa shape index (κ1) is 13.4. The van der Waals surface area contributed by atoms with Gasteiger partial charge in [-0.2, -0.15) is 0 Å². The normalized spacial score (nSPS) is 14.6. The molecule has 0 spiro atoms. The van der Waals surface area contributed by atoms with Crippen molar-refractivity contribution in [3.05, 3.63) is 54.0 Å². The van der Waals surface area contributed by atoms with E-state index in [-0.39, 0.29) is 11.7 Å². The van der Waals surface area contributed by atoms with Crippen molar-refractivity contribution in [2.24, 2.45) is 0 Å². The van der Waals surface area contributed by atoms with Gasteiger partial charge in [0, 0.05) is 12.2 Å². The van der Waals surface area contributed by atoms with Gasteiger partial charge in [-0.05, 0) is 37.1 Å². The highest BCUT2D eigenvalue weighted by Crippen LogP contribution is 2.28. The van der Waals surface area contributed by atoms with Gasteiger partial charge in [0.05, 0.1) is 6.26 Å². The Morgan fingerprint density at radius 3 is 2.81 bits per heavy atom. The lowest BCUT2D eigenvalue weighted by Crippen LogP contribution is -2.39. The fraction of sp³-hybridized carbons (Fsp3) is 0.250. The summed E-state index contributed by atoms with van der Waals surface area (Å²) in [6, 6.07) is 10.9. The van der Waals surface area contributed by atoms with E-state index >= 15 is 0 Å². The predicted molar refractivity (Wildman–Crippen MR) is 76.1 cm³/mol. The number of nitrogens with zero attached hydrogens (tertiary/aromatic N) is 1. The summed E-state index contributed by atoms with van der Waals surface area (Å²) in [5.74, 6) is -0.760. The number of ether oxygens (including phenoxy) is 1. The van der Waals surface area contributed by atoms with E-state index in [1.54, 1.807) is 17.9 Å². The number of hydrogen-bond donors (Lipinski definition) is 0. The molecule has 108 valence electrons. The Kier molecular flexibility index (Phi) is 3.48. The first-order valence-corrected chi connectivity index (χ1v) is 6.80. The van der Waals surface area contributed by atoms with E-state index in [1.165, 1.54) is 12.3 Å². The lowest BCUT2D eigenvalue weighted by atomic mass is 10.2. The molecule has 0 fully saturated rings. The predicted octanol–water partition coefficient (Wildman–Crippen LogP) is 2.41. The van der Waals surface area contributed by atoms with Crippen LogP contribution in [0.25, 0.3) is 0 Å². The van der Waals surface area contributed by atoms with Crippen LogP contribution in [0.4, 0.5) is 5.69 Å². The van der Waals surface area contributed by atoms with E-state index in [9.17, 15) is 9.59 Å². The number of para-hydroxylation sites is 1. The number of amides is 1. The molecule has 0 N–H and O–H groups in total. The van der Waals surface area contributed by atoms with Crippen LogP contribution in [0.3, 0.4) is 0 Å². The second kappa shape index (κ2) is 5.44. The average Bonchev–Trinajstić information content (AvgIpc) is 3.15. The molecule has 1 aromatic carbocycles. The molecule has 2 aromatic rings. The van der Waals surface area contributed by atoms with Crippen LogP contribution >= 0.6 is 0 Å². The zero-order chi connectivity index (χ0) is 14.8. The van der Waals surface area contributed by atoms with Gasteiger partial charge >= 0.3 is 5.97 Å². The van der Waals surface area contributed by atoms with Crippen molar-refractivity contribution >= 4 is 17.6 Å². The number of fused-ring (bicyclic) bond motifs is 1. The largest absolute Gasteiger partial charge is 0.457 e. The number of carbonyl (C=O) groups is 2. The molecule has 1 atom stereocenters. The molecule has 1 aliphatic heterocycles. The third-order valence-electron chi connectivity index (χ3n) is 3.51. The third kappa shape index (κ3) is 2.54.